The van der Waals surface area contributed by atoms with Crippen molar-refractivity contribution in [3.05, 3.63) is 0 Å². The van der Waals surface area contributed by atoms with E-state index in [0.29, 0.717) is 0 Å². The predicted octanol–water partition coefficient (Wildman–Crippen LogP) is 0.171. The Labute approximate surface area is 91.3 Å². The molecule has 0 aromatic carbocycles. The van der Waals surface area contributed by atoms with E-state index in [1.807, 2.05) is 0 Å². The predicted molar refractivity (Wildman–Crippen MR) is 65.5 cm³/mol. The van der Waals surface area contributed by atoms with Crippen LogP contribution in [0.3, 0.4) is 0 Å². The van der Waals surface area contributed by atoms with Crippen LogP contribution in [0.1, 0.15) is 39.5 Å². The van der Waals surface area contributed by atoms with Crippen LogP contribution in [-0.4, -0.2) is 35.7 Å². The van der Waals surface area contributed by atoms with Crippen molar-refractivity contribution in [1.29, 1.82) is 0 Å². The van der Waals surface area contributed by atoms with E-state index in [1.165, 1.54) is 12.8 Å². The molecule has 0 aromatic heterocycles. The standard InChI is InChI=1S/C10H26N2OSi/c1-3-10(4-2,13-14)6-5-8-12-9-7-11/h12H,3-9,11H2,1-2,14H3. The van der Waals surface area contributed by atoms with Crippen molar-refractivity contribution in [1.82, 2.24) is 5.32 Å². The average Bonchev–Trinajstić information content (AvgIpc) is 2.24. The summed E-state index contributed by atoms with van der Waals surface area (Å²) in [5.41, 5.74) is 5.56. The number of hydrogen-bond acceptors (Lipinski definition) is 3. The van der Waals surface area contributed by atoms with Gasteiger partial charge in [-0.05, 0) is 32.2 Å². The molecule has 3 nitrogen and oxygen atoms in total. The lowest BCUT2D eigenvalue weighted by atomic mass is 9.92. The topological polar surface area (TPSA) is 47.3 Å². The third-order valence-electron chi connectivity index (χ3n) is 3.03. The van der Waals surface area contributed by atoms with Crippen LogP contribution in [0, 0.1) is 0 Å². The highest BCUT2D eigenvalue weighted by atomic mass is 28.2. The van der Waals surface area contributed by atoms with Gasteiger partial charge in [-0.1, -0.05) is 13.8 Å². The van der Waals surface area contributed by atoms with Crippen molar-refractivity contribution in [2.75, 3.05) is 19.6 Å². The van der Waals surface area contributed by atoms with E-state index in [9.17, 15) is 0 Å². The molecule has 0 radical (unpaired) electrons. The quantitative estimate of drug-likeness (QED) is 0.428. The zero-order valence-corrected chi connectivity index (χ0v) is 11.9. The molecule has 0 atom stereocenters. The SMILES string of the molecule is CCC(CC)(CCCNCCN)O[SiH3]. The molecule has 0 aromatic rings. The Morgan fingerprint density at radius 1 is 1.29 bits per heavy atom. The van der Waals surface area contributed by atoms with E-state index in [4.69, 9.17) is 10.2 Å². The molecule has 0 fully saturated rings. The molecule has 0 saturated carbocycles. The molecule has 3 N–H and O–H groups in total. The largest absolute Gasteiger partial charge is 0.422 e. The summed E-state index contributed by atoms with van der Waals surface area (Å²) in [5, 5.41) is 3.31. The third kappa shape index (κ3) is 5.10. The van der Waals surface area contributed by atoms with Gasteiger partial charge < -0.3 is 15.5 Å². The number of rotatable bonds is 9. The first-order valence-electron chi connectivity index (χ1n) is 5.70. The Morgan fingerprint density at radius 2 is 1.93 bits per heavy atom. The van der Waals surface area contributed by atoms with Gasteiger partial charge in [-0.25, -0.2) is 0 Å². The number of nitrogens with one attached hydrogen (secondary N) is 1. The smallest absolute Gasteiger partial charge is 0.146 e. The average molecular weight is 218 g/mol. The fourth-order valence-corrected chi connectivity index (χ4v) is 2.54. The molecular formula is C10H26N2OSi. The lowest BCUT2D eigenvalue weighted by molar-refractivity contribution is 0.0592. The lowest BCUT2D eigenvalue weighted by Gasteiger charge is -2.31. The van der Waals surface area contributed by atoms with Crippen LogP contribution in [0.15, 0.2) is 0 Å². The summed E-state index contributed by atoms with van der Waals surface area (Å²) in [4.78, 5) is 0. The summed E-state index contributed by atoms with van der Waals surface area (Å²) in [6, 6.07) is 0. The maximum absolute atomic E-state index is 5.73. The van der Waals surface area contributed by atoms with Crippen LogP contribution >= 0.6 is 0 Å². The van der Waals surface area contributed by atoms with Crippen molar-refractivity contribution in [2.24, 2.45) is 5.73 Å². The second-order valence-corrected chi connectivity index (χ2v) is 4.14. The second kappa shape index (κ2) is 8.41. The minimum Gasteiger partial charge on any atom is -0.422 e. The molecule has 0 unspecified atom stereocenters. The Hall–Kier alpha value is 0.0969. The zero-order valence-electron chi connectivity index (χ0n) is 9.94. The summed E-state index contributed by atoms with van der Waals surface area (Å²) in [6.45, 7) is 7.14. The molecule has 0 aliphatic rings. The van der Waals surface area contributed by atoms with E-state index in [0.717, 1.165) is 43.0 Å². The first-order valence-corrected chi connectivity index (χ1v) is 6.52. The van der Waals surface area contributed by atoms with Crippen molar-refractivity contribution >= 4 is 10.5 Å². The summed E-state index contributed by atoms with van der Waals surface area (Å²) in [5.74, 6) is 0. The Kier molecular flexibility index (Phi) is 8.47. The molecule has 0 rings (SSSR count). The summed E-state index contributed by atoms with van der Waals surface area (Å²) in [7, 11) is 0.845. The van der Waals surface area contributed by atoms with Crippen LogP contribution in [0.4, 0.5) is 0 Å². The van der Waals surface area contributed by atoms with Gasteiger partial charge in [0, 0.05) is 13.1 Å². The van der Waals surface area contributed by atoms with E-state index >= 15 is 0 Å². The van der Waals surface area contributed by atoms with Gasteiger partial charge in [0.2, 0.25) is 0 Å². The summed E-state index contributed by atoms with van der Waals surface area (Å²) < 4.78 is 5.73. The molecule has 0 spiro atoms. The van der Waals surface area contributed by atoms with Gasteiger partial charge >= 0.3 is 0 Å². The molecule has 4 heteroatoms. The van der Waals surface area contributed by atoms with Crippen LogP contribution < -0.4 is 11.1 Å². The summed E-state index contributed by atoms with van der Waals surface area (Å²) in [6.07, 6.45) is 4.61. The van der Waals surface area contributed by atoms with Crippen LogP contribution in [0.5, 0.6) is 0 Å². The van der Waals surface area contributed by atoms with Crippen molar-refractivity contribution in [3.8, 4) is 0 Å². The van der Waals surface area contributed by atoms with Gasteiger partial charge in [-0.2, -0.15) is 0 Å². The molecule has 0 aliphatic carbocycles. The highest BCUT2D eigenvalue weighted by molar-refractivity contribution is 5.98. The van der Waals surface area contributed by atoms with Gasteiger partial charge in [-0.15, -0.1) is 0 Å². The van der Waals surface area contributed by atoms with E-state index in [-0.39, 0.29) is 5.60 Å². The lowest BCUT2D eigenvalue weighted by Crippen LogP contribution is -2.32. The Morgan fingerprint density at radius 3 is 2.36 bits per heavy atom. The van der Waals surface area contributed by atoms with Crippen molar-refractivity contribution < 1.29 is 4.43 Å². The maximum atomic E-state index is 5.73. The molecule has 0 saturated heterocycles. The highest BCUT2D eigenvalue weighted by Crippen LogP contribution is 2.24. The first kappa shape index (κ1) is 14.1. The molecule has 0 amide bonds. The van der Waals surface area contributed by atoms with Gasteiger partial charge in [0.1, 0.15) is 10.5 Å². The van der Waals surface area contributed by atoms with Gasteiger partial charge in [0.25, 0.3) is 0 Å². The molecular weight excluding hydrogens is 192 g/mol. The summed E-state index contributed by atoms with van der Waals surface area (Å²) >= 11 is 0. The normalized spacial score (nSPS) is 12.2. The monoisotopic (exact) mass is 218 g/mol. The molecule has 0 bridgehead atoms. The van der Waals surface area contributed by atoms with Crippen LogP contribution in [-0.2, 0) is 4.43 Å². The fourth-order valence-electron chi connectivity index (χ4n) is 1.76. The van der Waals surface area contributed by atoms with E-state index < -0.39 is 0 Å². The van der Waals surface area contributed by atoms with Gasteiger partial charge in [-0.3, -0.25) is 0 Å². The number of nitrogens with two attached hydrogens (primary N) is 1. The van der Waals surface area contributed by atoms with Gasteiger partial charge in [0.15, 0.2) is 0 Å². The third-order valence-corrected chi connectivity index (χ3v) is 3.89. The van der Waals surface area contributed by atoms with E-state index in [2.05, 4.69) is 19.2 Å². The van der Waals surface area contributed by atoms with Crippen molar-refractivity contribution in [2.45, 2.75) is 45.1 Å². The highest BCUT2D eigenvalue weighted by Gasteiger charge is 2.23. The molecule has 14 heavy (non-hydrogen) atoms. The minimum atomic E-state index is 0.163. The van der Waals surface area contributed by atoms with Crippen LogP contribution in [0.25, 0.3) is 0 Å². The molecule has 0 heterocycles. The number of hydrogen-bond donors (Lipinski definition) is 2. The molecule has 86 valence electrons. The molecule has 0 aliphatic heterocycles. The van der Waals surface area contributed by atoms with E-state index in [1.54, 1.807) is 0 Å². The Bertz CT molecular complexity index is 121. The van der Waals surface area contributed by atoms with Crippen molar-refractivity contribution in [3.63, 3.8) is 0 Å². The second-order valence-electron chi connectivity index (χ2n) is 3.74. The van der Waals surface area contributed by atoms with Gasteiger partial charge in [0.05, 0.1) is 5.60 Å². The Balaban J connectivity index is 3.61. The minimum absolute atomic E-state index is 0.163. The maximum Gasteiger partial charge on any atom is 0.146 e. The zero-order chi connectivity index (χ0) is 10.9. The first-order chi connectivity index (χ1) is 6.74. The fraction of sp³-hybridized carbons (Fsp3) is 1.00. The van der Waals surface area contributed by atoms with Crippen LogP contribution in [0.2, 0.25) is 0 Å².